The van der Waals surface area contributed by atoms with Gasteiger partial charge in [0.15, 0.2) is 0 Å². The van der Waals surface area contributed by atoms with Gasteiger partial charge in [-0.15, -0.1) is 0 Å². The lowest BCUT2D eigenvalue weighted by molar-refractivity contribution is 0.238. The van der Waals surface area contributed by atoms with Crippen LogP contribution in [0.3, 0.4) is 0 Å². The molecule has 144 valence electrons. The standard InChI is InChI=1S/C23H29ClN2O/c24-21-7-9-22(10-8-21)26-15-13-25(14-16-26)12-1-2-17-27-23-11-6-19-4-3-5-20(19)18-23/h6-11,18H,1-5,12-17H2. The Morgan fingerprint density at radius 3 is 2.44 bits per heavy atom. The number of aryl methyl sites for hydroxylation is 2. The lowest BCUT2D eigenvalue weighted by atomic mass is 10.1. The van der Waals surface area contributed by atoms with Gasteiger partial charge in [-0.05, 0) is 86.2 Å². The summed E-state index contributed by atoms with van der Waals surface area (Å²) < 4.78 is 5.97. The minimum atomic E-state index is 0.805. The Bertz CT molecular complexity index is 739. The molecule has 0 spiro atoms. The Labute approximate surface area is 167 Å². The number of anilines is 1. The van der Waals surface area contributed by atoms with E-state index in [1.807, 2.05) is 12.1 Å². The van der Waals surface area contributed by atoms with Gasteiger partial charge in [0.25, 0.3) is 0 Å². The normalized spacial score (nSPS) is 17.1. The van der Waals surface area contributed by atoms with Gasteiger partial charge in [0.1, 0.15) is 5.75 Å². The number of halogens is 1. The van der Waals surface area contributed by atoms with E-state index in [0.29, 0.717) is 0 Å². The summed E-state index contributed by atoms with van der Waals surface area (Å²) in [6, 6.07) is 14.8. The number of unbranched alkanes of at least 4 members (excludes halogenated alkanes) is 1. The molecule has 1 fully saturated rings. The lowest BCUT2D eigenvalue weighted by Gasteiger charge is -2.36. The van der Waals surface area contributed by atoms with E-state index < -0.39 is 0 Å². The first-order valence-corrected chi connectivity index (χ1v) is 10.6. The van der Waals surface area contributed by atoms with Crippen LogP contribution in [0.5, 0.6) is 5.75 Å². The highest BCUT2D eigenvalue weighted by Crippen LogP contribution is 2.26. The van der Waals surface area contributed by atoms with Crippen molar-refractivity contribution in [1.82, 2.24) is 4.90 Å². The smallest absolute Gasteiger partial charge is 0.119 e. The molecular formula is C23H29ClN2O. The molecule has 2 aliphatic rings. The van der Waals surface area contributed by atoms with Crippen molar-refractivity contribution in [1.29, 1.82) is 0 Å². The van der Waals surface area contributed by atoms with Gasteiger partial charge < -0.3 is 9.64 Å². The van der Waals surface area contributed by atoms with Crippen LogP contribution in [0.25, 0.3) is 0 Å². The molecule has 1 aliphatic heterocycles. The van der Waals surface area contributed by atoms with Crippen molar-refractivity contribution in [3.05, 3.63) is 58.6 Å². The van der Waals surface area contributed by atoms with Crippen LogP contribution >= 0.6 is 11.6 Å². The van der Waals surface area contributed by atoms with Gasteiger partial charge in [-0.1, -0.05) is 17.7 Å². The van der Waals surface area contributed by atoms with Crippen LogP contribution in [-0.4, -0.2) is 44.2 Å². The third-order valence-electron chi connectivity index (χ3n) is 5.77. The number of hydrogen-bond donors (Lipinski definition) is 0. The van der Waals surface area contributed by atoms with E-state index in [4.69, 9.17) is 16.3 Å². The van der Waals surface area contributed by atoms with E-state index in [1.165, 1.54) is 49.0 Å². The van der Waals surface area contributed by atoms with E-state index in [0.717, 1.165) is 50.0 Å². The van der Waals surface area contributed by atoms with Gasteiger partial charge >= 0.3 is 0 Å². The monoisotopic (exact) mass is 384 g/mol. The number of rotatable bonds is 7. The SMILES string of the molecule is Clc1ccc(N2CCN(CCCCOc3ccc4c(c3)CCC4)CC2)cc1. The average Bonchev–Trinajstić information content (AvgIpc) is 3.17. The largest absolute Gasteiger partial charge is 0.494 e. The van der Waals surface area contributed by atoms with Crippen LogP contribution in [0.15, 0.2) is 42.5 Å². The molecule has 1 saturated heterocycles. The number of piperazine rings is 1. The zero-order valence-corrected chi connectivity index (χ0v) is 16.8. The molecule has 0 saturated carbocycles. The summed E-state index contributed by atoms with van der Waals surface area (Å²) >= 11 is 5.98. The highest BCUT2D eigenvalue weighted by molar-refractivity contribution is 6.30. The summed E-state index contributed by atoms with van der Waals surface area (Å²) in [5, 5.41) is 0.805. The van der Waals surface area contributed by atoms with Crippen LogP contribution in [0.1, 0.15) is 30.4 Å². The fourth-order valence-corrected chi connectivity index (χ4v) is 4.27. The summed E-state index contributed by atoms with van der Waals surface area (Å²) in [5.74, 6) is 1.05. The molecule has 3 nitrogen and oxygen atoms in total. The highest BCUT2D eigenvalue weighted by atomic mass is 35.5. The second-order valence-corrected chi connectivity index (χ2v) is 8.08. The van der Waals surface area contributed by atoms with Crippen LogP contribution in [0, 0.1) is 0 Å². The molecule has 0 unspecified atom stereocenters. The first-order valence-electron chi connectivity index (χ1n) is 10.3. The third-order valence-corrected chi connectivity index (χ3v) is 6.02. The van der Waals surface area contributed by atoms with E-state index >= 15 is 0 Å². The molecular weight excluding hydrogens is 356 g/mol. The maximum absolute atomic E-state index is 5.98. The summed E-state index contributed by atoms with van der Waals surface area (Å²) in [5.41, 5.74) is 4.29. The molecule has 0 bridgehead atoms. The van der Waals surface area contributed by atoms with Gasteiger partial charge in [0.05, 0.1) is 6.61 Å². The van der Waals surface area contributed by atoms with E-state index in [1.54, 1.807) is 0 Å². The summed E-state index contributed by atoms with van der Waals surface area (Å²) in [6.07, 6.45) is 6.07. The van der Waals surface area contributed by atoms with Crippen LogP contribution < -0.4 is 9.64 Å². The van der Waals surface area contributed by atoms with Gasteiger partial charge in [0, 0.05) is 36.9 Å². The van der Waals surface area contributed by atoms with Crippen molar-refractivity contribution in [2.75, 3.05) is 44.2 Å². The van der Waals surface area contributed by atoms with Crippen LogP contribution in [-0.2, 0) is 12.8 Å². The zero-order chi connectivity index (χ0) is 18.5. The molecule has 2 aromatic carbocycles. The quantitative estimate of drug-likeness (QED) is 0.637. The van der Waals surface area contributed by atoms with Gasteiger partial charge in [0.2, 0.25) is 0 Å². The summed E-state index contributed by atoms with van der Waals surface area (Å²) in [4.78, 5) is 5.02. The van der Waals surface area contributed by atoms with Gasteiger partial charge in [-0.3, -0.25) is 4.90 Å². The zero-order valence-electron chi connectivity index (χ0n) is 16.0. The molecule has 1 aliphatic carbocycles. The Balaban J connectivity index is 1.12. The number of nitrogens with zero attached hydrogens (tertiary/aromatic N) is 2. The van der Waals surface area contributed by atoms with Crippen molar-refractivity contribution in [2.24, 2.45) is 0 Å². The van der Waals surface area contributed by atoms with Gasteiger partial charge in [-0.2, -0.15) is 0 Å². The van der Waals surface area contributed by atoms with Crippen LogP contribution in [0.4, 0.5) is 5.69 Å². The Hall–Kier alpha value is -1.71. The average molecular weight is 385 g/mol. The molecule has 1 heterocycles. The summed E-state index contributed by atoms with van der Waals surface area (Å²) in [7, 11) is 0. The second-order valence-electron chi connectivity index (χ2n) is 7.64. The maximum Gasteiger partial charge on any atom is 0.119 e. The van der Waals surface area contributed by atoms with Gasteiger partial charge in [-0.25, -0.2) is 0 Å². The molecule has 0 atom stereocenters. The molecule has 4 rings (SSSR count). The third kappa shape index (κ3) is 4.97. The minimum Gasteiger partial charge on any atom is -0.494 e. The van der Waals surface area contributed by atoms with Crippen molar-refractivity contribution in [3.8, 4) is 5.75 Å². The fourth-order valence-electron chi connectivity index (χ4n) is 4.15. The van der Waals surface area contributed by atoms with Crippen molar-refractivity contribution in [3.63, 3.8) is 0 Å². The number of fused-ring (bicyclic) bond motifs is 1. The fraction of sp³-hybridized carbons (Fsp3) is 0.478. The van der Waals surface area contributed by atoms with Crippen LogP contribution in [0.2, 0.25) is 5.02 Å². The predicted octanol–water partition coefficient (Wildman–Crippen LogP) is 4.81. The lowest BCUT2D eigenvalue weighted by Crippen LogP contribution is -2.46. The van der Waals surface area contributed by atoms with E-state index in [2.05, 4.69) is 40.1 Å². The molecule has 0 N–H and O–H groups in total. The molecule has 27 heavy (non-hydrogen) atoms. The topological polar surface area (TPSA) is 15.7 Å². The predicted molar refractivity (Wildman–Crippen MR) is 113 cm³/mol. The maximum atomic E-state index is 5.98. The highest BCUT2D eigenvalue weighted by Gasteiger charge is 2.16. The molecule has 0 radical (unpaired) electrons. The molecule has 0 amide bonds. The molecule has 2 aromatic rings. The number of benzene rings is 2. The first kappa shape index (κ1) is 18.6. The minimum absolute atomic E-state index is 0.805. The molecule has 4 heteroatoms. The van der Waals surface area contributed by atoms with E-state index in [-0.39, 0.29) is 0 Å². The Kier molecular flexibility index (Phi) is 6.21. The van der Waals surface area contributed by atoms with Crippen molar-refractivity contribution >= 4 is 17.3 Å². The number of ether oxygens (including phenoxy) is 1. The number of hydrogen-bond acceptors (Lipinski definition) is 3. The van der Waals surface area contributed by atoms with Crippen molar-refractivity contribution < 1.29 is 4.74 Å². The summed E-state index contributed by atoms with van der Waals surface area (Å²) in [6.45, 7) is 6.44. The Morgan fingerprint density at radius 2 is 1.63 bits per heavy atom. The second kappa shape index (κ2) is 8.99. The Morgan fingerprint density at radius 1 is 0.852 bits per heavy atom. The van der Waals surface area contributed by atoms with E-state index in [9.17, 15) is 0 Å². The molecule has 0 aromatic heterocycles. The first-order chi connectivity index (χ1) is 13.3. The van der Waals surface area contributed by atoms with Crippen molar-refractivity contribution in [2.45, 2.75) is 32.1 Å².